The molecule has 0 aliphatic carbocycles. The number of hydrazine groups is 1. The number of hydrogen-bond donors (Lipinski definition) is 2. The maximum atomic E-state index is 10.9. The van der Waals surface area contributed by atoms with Gasteiger partial charge in [-0.05, 0) is 36.4 Å². The van der Waals surface area contributed by atoms with Crippen LogP contribution in [0.5, 0.6) is 0 Å². The van der Waals surface area contributed by atoms with E-state index in [0.717, 1.165) is 24.3 Å². The number of hydrogen-bond acceptors (Lipinski definition) is 5. The smallest absolute Gasteiger partial charge is 0.269 e. The molecule has 1 unspecified atom stereocenters. The lowest BCUT2D eigenvalue weighted by atomic mass is 9.95. The Hall–Kier alpha value is -1.66. The molecule has 1 fully saturated rings. The molecule has 3 N–H and O–H groups in total. The third-order valence-electron chi connectivity index (χ3n) is 4.10. The van der Waals surface area contributed by atoms with Gasteiger partial charge in [-0.1, -0.05) is 13.8 Å². The first-order valence-corrected chi connectivity index (χ1v) is 6.97. The highest BCUT2D eigenvalue weighted by Gasteiger charge is 2.25. The molecule has 20 heavy (non-hydrogen) atoms. The summed E-state index contributed by atoms with van der Waals surface area (Å²) in [7, 11) is 0. The molecule has 1 aliphatic rings. The van der Waals surface area contributed by atoms with Crippen molar-refractivity contribution < 1.29 is 4.92 Å². The maximum Gasteiger partial charge on any atom is 0.269 e. The highest BCUT2D eigenvalue weighted by Crippen LogP contribution is 2.28. The molecule has 1 aromatic rings. The second-order valence-electron chi connectivity index (χ2n) is 5.77. The summed E-state index contributed by atoms with van der Waals surface area (Å²) < 4.78 is 0. The molecule has 2 rings (SSSR count). The first-order chi connectivity index (χ1) is 9.51. The number of nitro benzene ring substituents is 1. The molecule has 6 nitrogen and oxygen atoms in total. The normalized spacial score (nSPS) is 19.5. The number of benzene rings is 1. The van der Waals surface area contributed by atoms with Gasteiger partial charge < -0.3 is 5.43 Å². The predicted octanol–water partition coefficient (Wildman–Crippen LogP) is 2.36. The Morgan fingerprint density at radius 2 is 2.30 bits per heavy atom. The van der Waals surface area contributed by atoms with E-state index in [0.29, 0.717) is 18.4 Å². The van der Waals surface area contributed by atoms with Crippen LogP contribution in [-0.4, -0.2) is 22.9 Å². The fraction of sp³-hybridized carbons (Fsp3) is 0.571. The van der Waals surface area contributed by atoms with Crippen molar-refractivity contribution in [3.8, 4) is 0 Å². The van der Waals surface area contributed by atoms with E-state index in [1.165, 1.54) is 12.5 Å². The summed E-state index contributed by atoms with van der Waals surface area (Å²) in [6.45, 7) is 7.27. The van der Waals surface area contributed by atoms with Crippen molar-refractivity contribution in [2.24, 2.45) is 17.7 Å². The lowest BCUT2D eigenvalue weighted by molar-refractivity contribution is -0.384. The van der Waals surface area contributed by atoms with Crippen LogP contribution in [0.2, 0.25) is 0 Å². The minimum Gasteiger partial charge on any atom is -0.324 e. The fourth-order valence-corrected chi connectivity index (χ4v) is 2.76. The van der Waals surface area contributed by atoms with Gasteiger partial charge >= 0.3 is 0 Å². The maximum absolute atomic E-state index is 10.9. The van der Waals surface area contributed by atoms with Crippen LogP contribution in [0.4, 0.5) is 11.4 Å². The van der Waals surface area contributed by atoms with E-state index >= 15 is 0 Å². The summed E-state index contributed by atoms with van der Waals surface area (Å²) in [4.78, 5) is 12.8. The average molecular weight is 278 g/mol. The van der Waals surface area contributed by atoms with E-state index in [9.17, 15) is 10.1 Å². The van der Waals surface area contributed by atoms with E-state index in [-0.39, 0.29) is 10.6 Å². The van der Waals surface area contributed by atoms with Gasteiger partial charge in [-0.25, -0.2) is 0 Å². The second kappa shape index (κ2) is 6.19. The Morgan fingerprint density at radius 1 is 1.55 bits per heavy atom. The number of nitrogens with one attached hydrogen (secondary N) is 1. The van der Waals surface area contributed by atoms with Crippen molar-refractivity contribution in [3.05, 3.63) is 33.9 Å². The van der Waals surface area contributed by atoms with Crippen LogP contribution >= 0.6 is 0 Å². The SMILES string of the molecule is CC(C)C1CCN(Cc2cc([N+](=O)[O-])ccc2NN)C1. The van der Waals surface area contributed by atoms with Gasteiger partial charge in [-0.3, -0.25) is 20.9 Å². The Bertz CT molecular complexity index is 490. The number of nitro groups is 1. The van der Waals surface area contributed by atoms with Crippen LogP contribution in [0.1, 0.15) is 25.8 Å². The number of anilines is 1. The number of nitrogens with zero attached hydrogens (tertiary/aromatic N) is 2. The highest BCUT2D eigenvalue weighted by atomic mass is 16.6. The van der Waals surface area contributed by atoms with E-state index in [1.807, 2.05) is 0 Å². The number of non-ortho nitro benzene ring substituents is 1. The summed E-state index contributed by atoms with van der Waals surface area (Å²) in [6, 6.07) is 4.75. The monoisotopic (exact) mass is 278 g/mol. The molecular formula is C14H22N4O2. The minimum atomic E-state index is -0.370. The molecule has 1 saturated heterocycles. The predicted molar refractivity (Wildman–Crippen MR) is 79.1 cm³/mol. The zero-order valence-electron chi connectivity index (χ0n) is 12.0. The van der Waals surface area contributed by atoms with Gasteiger partial charge in [0.05, 0.1) is 10.6 Å². The Morgan fingerprint density at radius 3 is 2.85 bits per heavy atom. The number of rotatable bonds is 5. The first kappa shape index (κ1) is 14.7. The molecule has 1 atom stereocenters. The largest absolute Gasteiger partial charge is 0.324 e. The van der Waals surface area contributed by atoms with Crippen LogP contribution in [0.25, 0.3) is 0 Å². The van der Waals surface area contributed by atoms with Crippen molar-refractivity contribution in [1.82, 2.24) is 4.90 Å². The van der Waals surface area contributed by atoms with Crippen LogP contribution in [0.3, 0.4) is 0 Å². The quantitative estimate of drug-likeness (QED) is 0.490. The fourth-order valence-electron chi connectivity index (χ4n) is 2.76. The van der Waals surface area contributed by atoms with Crippen molar-refractivity contribution in [2.75, 3.05) is 18.5 Å². The van der Waals surface area contributed by atoms with Gasteiger partial charge in [0.2, 0.25) is 0 Å². The summed E-state index contributed by atoms with van der Waals surface area (Å²) >= 11 is 0. The van der Waals surface area contributed by atoms with Gasteiger partial charge in [-0.2, -0.15) is 0 Å². The van der Waals surface area contributed by atoms with Gasteiger partial charge in [0.1, 0.15) is 0 Å². The van der Waals surface area contributed by atoms with Gasteiger partial charge in [-0.15, -0.1) is 0 Å². The second-order valence-corrected chi connectivity index (χ2v) is 5.77. The molecule has 1 aromatic carbocycles. The standard InChI is InChI=1S/C14H22N4O2/c1-10(2)11-5-6-17(8-11)9-12-7-13(18(19)20)3-4-14(12)16-15/h3-4,7,10-11,16H,5-6,8-9,15H2,1-2H3. The molecule has 6 heteroatoms. The summed E-state index contributed by atoms with van der Waals surface area (Å²) in [6.07, 6.45) is 1.19. The molecule has 0 saturated carbocycles. The van der Waals surface area contributed by atoms with E-state index in [1.54, 1.807) is 12.1 Å². The van der Waals surface area contributed by atoms with Gasteiger partial charge in [0.25, 0.3) is 5.69 Å². The number of likely N-dealkylation sites (tertiary alicyclic amines) is 1. The third kappa shape index (κ3) is 3.26. The molecule has 0 spiro atoms. The lowest BCUT2D eigenvalue weighted by Gasteiger charge is -2.19. The highest BCUT2D eigenvalue weighted by molar-refractivity contribution is 5.55. The Balaban J connectivity index is 2.12. The van der Waals surface area contributed by atoms with E-state index < -0.39 is 0 Å². The molecule has 0 aromatic heterocycles. The molecule has 0 amide bonds. The van der Waals surface area contributed by atoms with Crippen LogP contribution in [-0.2, 0) is 6.54 Å². The number of nitrogens with two attached hydrogens (primary N) is 1. The van der Waals surface area contributed by atoms with Crippen molar-refractivity contribution >= 4 is 11.4 Å². The van der Waals surface area contributed by atoms with Crippen LogP contribution in [0.15, 0.2) is 18.2 Å². The zero-order valence-corrected chi connectivity index (χ0v) is 12.0. The molecule has 110 valence electrons. The molecule has 0 bridgehead atoms. The Labute approximate surface area is 119 Å². The summed E-state index contributed by atoms with van der Waals surface area (Å²) in [5.41, 5.74) is 4.36. The van der Waals surface area contributed by atoms with Crippen LogP contribution < -0.4 is 11.3 Å². The molecular weight excluding hydrogens is 256 g/mol. The third-order valence-corrected chi connectivity index (χ3v) is 4.10. The topological polar surface area (TPSA) is 84.4 Å². The van der Waals surface area contributed by atoms with E-state index in [4.69, 9.17) is 5.84 Å². The molecule has 1 aliphatic heterocycles. The average Bonchev–Trinajstić information content (AvgIpc) is 2.87. The lowest BCUT2D eigenvalue weighted by Crippen LogP contribution is -2.22. The van der Waals surface area contributed by atoms with Gasteiger partial charge in [0.15, 0.2) is 0 Å². The van der Waals surface area contributed by atoms with Crippen molar-refractivity contribution in [3.63, 3.8) is 0 Å². The van der Waals surface area contributed by atoms with Gasteiger partial charge in [0, 0.05) is 25.2 Å². The first-order valence-electron chi connectivity index (χ1n) is 6.97. The van der Waals surface area contributed by atoms with E-state index in [2.05, 4.69) is 24.2 Å². The molecule has 1 heterocycles. The number of nitrogen functional groups attached to an aromatic ring is 1. The zero-order chi connectivity index (χ0) is 14.7. The minimum absolute atomic E-state index is 0.110. The van der Waals surface area contributed by atoms with Crippen LogP contribution in [0, 0.1) is 22.0 Å². The van der Waals surface area contributed by atoms with Crippen molar-refractivity contribution in [1.29, 1.82) is 0 Å². The molecule has 0 radical (unpaired) electrons. The summed E-state index contributed by atoms with van der Waals surface area (Å²) in [5.74, 6) is 6.88. The van der Waals surface area contributed by atoms with Crippen molar-refractivity contribution in [2.45, 2.75) is 26.8 Å². The Kier molecular flexibility index (Phi) is 4.57. The summed E-state index contributed by atoms with van der Waals surface area (Å²) in [5, 5.41) is 10.9.